The van der Waals surface area contributed by atoms with Crippen LogP contribution >= 0.6 is 15.9 Å². The first-order valence-corrected chi connectivity index (χ1v) is 11.0. The van der Waals surface area contributed by atoms with E-state index in [1.54, 1.807) is 32.2 Å². The van der Waals surface area contributed by atoms with E-state index in [0.29, 0.717) is 23.6 Å². The number of nitrogen functional groups attached to an aromatic ring is 1. The predicted octanol–water partition coefficient (Wildman–Crippen LogP) is 3.89. The summed E-state index contributed by atoms with van der Waals surface area (Å²) in [6.07, 6.45) is 1.74. The molecule has 0 aliphatic rings. The zero-order valence-corrected chi connectivity index (χ0v) is 18.9. The van der Waals surface area contributed by atoms with Crippen LogP contribution in [-0.2, 0) is 16.7 Å². The van der Waals surface area contributed by atoms with Crippen LogP contribution in [0, 0.1) is 20.8 Å². The zero-order valence-electron chi connectivity index (χ0n) is 16.5. The smallest absolute Gasteiger partial charge is 0.411 e. The molecule has 8 heteroatoms. The minimum atomic E-state index is -4.08. The summed E-state index contributed by atoms with van der Waals surface area (Å²) in [5, 5.41) is 0. The summed E-state index contributed by atoms with van der Waals surface area (Å²) < 4.78 is 38.7. The van der Waals surface area contributed by atoms with Gasteiger partial charge in [0.05, 0.1) is 4.90 Å². The Morgan fingerprint density at radius 1 is 1.03 bits per heavy atom. The summed E-state index contributed by atoms with van der Waals surface area (Å²) in [5.41, 5.74) is 3.26. The number of pyridine rings is 1. The number of nitrogens with zero attached hydrogens (tertiary/aromatic N) is 1. The van der Waals surface area contributed by atoms with Crippen molar-refractivity contribution in [3.63, 3.8) is 0 Å². The fraction of sp³-hybridized carbons (Fsp3) is 0.190. The van der Waals surface area contributed by atoms with Crippen LogP contribution in [0.25, 0.3) is 0 Å². The first-order valence-electron chi connectivity index (χ1n) is 8.77. The summed E-state index contributed by atoms with van der Waals surface area (Å²) in [6.45, 7) is 5.72. The van der Waals surface area contributed by atoms with E-state index >= 15 is 0 Å². The monoisotopic (exact) mass is 479 g/mol. The van der Waals surface area contributed by atoms with Crippen molar-refractivity contribution in [2.75, 3.05) is 5.84 Å². The maximum Gasteiger partial charge on any atom is 0.411 e. The Bertz CT molecular complexity index is 1040. The molecule has 0 unspecified atom stereocenters. The minimum absolute atomic E-state index is 0.0260. The maximum atomic E-state index is 10.9. The summed E-state index contributed by atoms with van der Waals surface area (Å²) in [7, 11) is -4.08. The second-order valence-electron chi connectivity index (χ2n) is 6.55. The number of benzene rings is 2. The van der Waals surface area contributed by atoms with Gasteiger partial charge in [-0.3, -0.25) is 4.55 Å². The topological polar surface area (TPSA) is 93.5 Å². The van der Waals surface area contributed by atoms with Crippen LogP contribution in [0.3, 0.4) is 0 Å². The van der Waals surface area contributed by atoms with Gasteiger partial charge in [-0.15, -0.1) is 0 Å². The van der Waals surface area contributed by atoms with Crippen molar-refractivity contribution < 1.29 is 22.4 Å². The molecule has 2 aromatic carbocycles. The lowest BCUT2D eigenvalue weighted by Gasteiger charge is -2.07. The Hall–Kier alpha value is -2.42. The molecule has 0 amide bonds. The second-order valence-corrected chi connectivity index (χ2v) is 8.76. The van der Waals surface area contributed by atoms with E-state index in [1.807, 2.05) is 49.4 Å². The van der Waals surface area contributed by atoms with Crippen LogP contribution in [0.15, 0.2) is 70.2 Å². The highest BCUT2D eigenvalue weighted by atomic mass is 79.9. The molecule has 3 aromatic rings. The Morgan fingerprint density at radius 3 is 2.14 bits per heavy atom. The lowest BCUT2D eigenvalue weighted by molar-refractivity contribution is -0.646. The van der Waals surface area contributed by atoms with E-state index in [4.69, 9.17) is 15.1 Å². The molecule has 0 aliphatic heterocycles. The molecule has 154 valence electrons. The molecule has 29 heavy (non-hydrogen) atoms. The molecule has 0 saturated heterocycles. The van der Waals surface area contributed by atoms with Gasteiger partial charge < -0.3 is 4.74 Å². The quantitative estimate of drug-likeness (QED) is 0.336. The highest BCUT2D eigenvalue weighted by Crippen LogP contribution is 2.21. The Morgan fingerprint density at radius 2 is 1.62 bits per heavy atom. The van der Waals surface area contributed by atoms with Crippen molar-refractivity contribution in [3.05, 3.63) is 87.5 Å². The molecule has 0 aliphatic carbocycles. The number of ether oxygens (including phenoxy) is 1. The third-order valence-corrected chi connectivity index (χ3v) is 5.77. The normalized spacial score (nSPS) is 10.8. The number of hydrogen-bond donors (Lipinski definition) is 2. The Balaban J connectivity index is 0.000000212. The second kappa shape index (κ2) is 9.87. The predicted molar refractivity (Wildman–Crippen MR) is 116 cm³/mol. The first kappa shape index (κ1) is 22.9. The van der Waals surface area contributed by atoms with Crippen molar-refractivity contribution in [1.82, 2.24) is 0 Å². The number of hydrogen-bond acceptors (Lipinski definition) is 4. The molecule has 1 aromatic heterocycles. The summed E-state index contributed by atoms with van der Waals surface area (Å²) in [6, 6.07) is 17.2. The summed E-state index contributed by atoms with van der Waals surface area (Å²) in [5.74, 6) is 6.36. The fourth-order valence-electron chi connectivity index (χ4n) is 2.93. The van der Waals surface area contributed by atoms with Crippen molar-refractivity contribution in [1.29, 1.82) is 0 Å². The van der Waals surface area contributed by atoms with Gasteiger partial charge in [0.1, 0.15) is 11.1 Å². The lowest BCUT2D eigenvalue weighted by Crippen LogP contribution is -2.45. The molecule has 0 radical (unpaired) electrons. The van der Waals surface area contributed by atoms with E-state index in [0.717, 1.165) is 15.6 Å². The largest absolute Gasteiger partial charge is 0.437 e. The van der Waals surface area contributed by atoms with Crippen molar-refractivity contribution in [2.24, 2.45) is 0 Å². The van der Waals surface area contributed by atoms with E-state index in [-0.39, 0.29) is 4.90 Å². The molecule has 0 fully saturated rings. The molecule has 3 N–H and O–H groups in total. The van der Waals surface area contributed by atoms with E-state index in [9.17, 15) is 8.42 Å². The van der Waals surface area contributed by atoms with Crippen molar-refractivity contribution >= 4 is 26.0 Å². The van der Waals surface area contributed by atoms with Crippen LogP contribution in [0.1, 0.15) is 22.3 Å². The van der Waals surface area contributed by atoms with Gasteiger partial charge in [-0.1, -0.05) is 52.7 Å². The first-order chi connectivity index (χ1) is 13.6. The number of rotatable bonds is 4. The van der Waals surface area contributed by atoms with Crippen LogP contribution in [-0.4, -0.2) is 13.0 Å². The third kappa shape index (κ3) is 6.56. The van der Waals surface area contributed by atoms with Crippen molar-refractivity contribution in [2.45, 2.75) is 32.3 Å². The van der Waals surface area contributed by atoms with Crippen LogP contribution in [0.4, 0.5) is 0 Å². The van der Waals surface area contributed by atoms with Crippen LogP contribution < -0.4 is 15.3 Å². The average Bonchev–Trinajstić information content (AvgIpc) is 2.60. The van der Waals surface area contributed by atoms with E-state index in [1.165, 1.54) is 4.68 Å². The summed E-state index contributed by atoms with van der Waals surface area (Å²) >= 11 is 3.39. The molecule has 0 spiro atoms. The van der Waals surface area contributed by atoms with Gasteiger partial charge in [-0.25, -0.2) is 5.84 Å². The highest BCUT2D eigenvalue weighted by molar-refractivity contribution is 9.10. The van der Waals surface area contributed by atoms with Gasteiger partial charge >= 0.3 is 5.88 Å². The Labute approximate surface area is 179 Å². The van der Waals surface area contributed by atoms with E-state index in [2.05, 4.69) is 15.9 Å². The van der Waals surface area contributed by atoms with Gasteiger partial charge in [-0.2, -0.15) is 8.42 Å². The van der Waals surface area contributed by atoms with Gasteiger partial charge in [0.15, 0.2) is 0 Å². The van der Waals surface area contributed by atoms with Gasteiger partial charge in [0.2, 0.25) is 6.20 Å². The Kier molecular flexibility index (Phi) is 7.78. The molecule has 3 rings (SSSR count). The third-order valence-electron chi connectivity index (χ3n) is 4.01. The zero-order chi connectivity index (χ0) is 21.6. The molecule has 0 saturated carbocycles. The van der Waals surface area contributed by atoms with Gasteiger partial charge in [0, 0.05) is 6.07 Å². The fourth-order valence-corrected chi connectivity index (χ4v) is 4.33. The van der Waals surface area contributed by atoms with Gasteiger partial charge in [0.25, 0.3) is 10.1 Å². The standard InChI is InChI=1S/C12H12BrN2O.C9H12O3S/c13-11-7-4-8-15(14)12(11)16-9-10-5-2-1-3-6-10;1-6-4-7(2)9(8(3)5-6)13(10,11)12/h1-8H,9,14H2;4-5H,1-3H3,(H,10,11,12)/q+1;. The number of halogens is 1. The molecular formula is C21H24BrN2O4S+. The SMILES string of the molecule is Cc1cc(C)c(S(=O)(=O)O)c(C)c1.N[n+]1cccc(Br)c1OCc1ccccc1. The lowest BCUT2D eigenvalue weighted by atomic mass is 10.1. The number of aromatic nitrogens is 1. The molecule has 6 nitrogen and oxygen atoms in total. The highest BCUT2D eigenvalue weighted by Gasteiger charge is 2.16. The van der Waals surface area contributed by atoms with Gasteiger partial charge in [-0.05, 0) is 59.5 Å². The van der Waals surface area contributed by atoms with Crippen LogP contribution in [0.2, 0.25) is 0 Å². The summed E-state index contributed by atoms with van der Waals surface area (Å²) in [4.78, 5) is 0.0260. The maximum absolute atomic E-state index is 10.9. The molecule has 0 atom stereocenters. The van der Waals surface area contributed by atoms with Crippen molar-refractivity contribution in [3.8, 4) is 5.88 Å². The number of nitrogens with two attached hydrogens (primary N) is 1. The molecule has 1 heterocycles. The number of aryl methyl sites for hydroxylation is 3. The molecular weight excluding hydrogens is 456 g/mol. The average molecular weight is 480 g/mol. The van der Waals surface area contributed by atoms with E-state index < -0.39 is 10.1 Å². The van der Waals surface area contributed by atoms with Crippen LogP contribution in [0.5, 0.6) is 5.88 Å². The minimum Gasteiger partial charge on any atom is -0.437 e. The molecule has 0 bridgehead atoms.